The van der Waals surface area contributed by atoms with Crippen LogP contribution in [0.15, 0.2) is 11.2 Å². The summed E-state index contributed by atoms with van der Waals surface area (Å²) >= 11 is 1.67. The van der Waals surface area contributed by atoms with E-state index in [1.165, 1.54) is 0 Å². The van der Waals surface area contributed by atoms with Crippen molar-refractivity contribution in [3.63, 3.8) is 0 Å². The van der Waals surface area contributed by atoms with E-state index in [9.17, 15) is 0 Å². The van der Waals surface area contributed by atoms with Gasteiger partial charge in [0.25, 0.3) is 0 Å². The SMILES string of the molecule is Cc1cc(C)nc(SC[C@H]2CO2)n1. The first-order valence-electron chi connectivity index (χ1n) is 4.31. The van der Waals surface area contributed by atoms with E-state index < -0.39 is 0 Å². The molecule has 0 unspecified atom stereocenters. The third kappa shape index (κ3) is 2.67. The van der Waals surface area contributed by atoms with Crippen LogP contribution in [0, 0.1) is 13.8 Å². The average Bonchev–Trinajstić information content (AvgIpc) is 2.81. The Bertz CT molecular complexity index is 292. The van der Waals surface area contributed by atoms with Crippen molar-refractivity contribution >= 4 is 11.8 Å². The van der Waals surface area contributed by atoms with Crippen LogP contribution in [0.4, 0.5) is 0 Å². The minimum atomic E-state index is 0.439. The van der Waals surface area contributed by atoms with Crippen molar-refractivity contribution in [3.05, 3.63) is 17.5 Å². The van der Waals surface area contributed by atoms with E-state index in [-0.39, 0.29) is 0 Å². The lowest BCUT2D eigenvalue weighted by Gasteiger charge is -2.00. The van der Waals surface area contributed by atoms with Crippen molar-refractivity contribution in [1.82, 2.24) is 9.97 Å². The maximum absolute atomic E-state index is 5.11. The molecular weight excluding hydrogens is 184 g/mol. The topological polar surface area (TPSA) is 38.3 Å². The van der Waals surface area contributed by atoms with Crippen LogP contribution in [0.25, 0.3) is 0 Å². The van der Waals surface area contributed by atoms with E-state index in [1.807, 2.05) is 19.9 Å². The number of rotatable bonds is 3. The van der Waals surface area contributed by atoms with Gasteiger partial charge in [0, 0.05) is 17.1 Å². The Morgan fingerprint density at radius 1 is 1.46 bits per heavy atom. The van der Waals surface area contributed by atoms with Crippen LogP contribution in [0.3, 0.4) is 0 Å². The molecular formula is C9H12N2OS. The molecule has 2 rings (SSSR count). The molecule has 0 amide bonds. The van der Waals surface area contributed by atoms with E-state index in [0.717, 1.165) is 28.9 Å². The Morgan fingerprint density at radius 3 is 2.62 bits per heavy atom. The van der Waals surface area contributed by atoms with Gasteiger partial charge in [-0.2, -0.15) is 0 Å². The van der Waals surface area contributed by atoms with Crippen LogP contribution in [-0.4, -0.2) is 28.4 Å². The average molecular weight is 196 g/mol. The first kappa shape index (κ1) is 8.97. The van der Waals surface area contributed by atoms with Gasteiger partial charge in [-0.3, -0.25) is 0 Å². The third-order valence-electron chi connectivity index (χ3n) is 1.76. The maximum Gasteiger partial charge on any atom is 0.188 e. The predicted octanol–water partition coefficient (Wildman–Crippen LogP) is 1.58. The molecule has 0 bridgehead atoms. The standard InChI is InChI=1S/C9H12N2OS/c1-6-3-7(2)11-9(10-6)13-5-8-4-12-8/h3,8H,4-5H2,1-2H3/t8-/m1/s1. The number of aryl methyl sites for hydroxylation is 2. The van der Waals surface area contributed by atoms with Crippen LogP contribution in [0.2, 0.25) is 0 Å². The molecule has 1 aromatic heterocycles. The fourth-order valence-electron chi connectivity index (χ4n) is 1.09. The van der Waals surface area contributed by atoms with Gasteiger partial charge in [0.1, 0.15) is 0 Å². The van der Waals surface area contributed by atoms with E-state index in [1.54, 1.807) is 11.8 Å². The summed E-state index contributed by atoms with van der Waals surface area (Å²) in [5.74, 6) is 0.975. The molecule has 1 atom stereocenters. The second kappa shape index (κ2) is 3.64. The second-order valence-electron chi connectivity index (χ2n) is 3.20. The molecule has 4 heteroatoms. The normalized spacial score (nSPS) is 20.3. The van der Waals surface area contributed by atoms with Crippen molar-refractivity contribution in [1.29, 1.82) is 0 Å². The van der Waals surface area contributed by atoms with Crippen LogP contribution >= 0.6 is 11.8 Å². The minimum Gasteiger partial charge on any atom is -0.372 e. The fourth-order valence-corrected chi connectivity index (χ4v) is 2.03. The summed E-state index contributed by atoms with van der Waals surface area (Å²) in [5.41, 5.74) is 2.07. The van der Waals surface area contributed by atoms with Gasteiger partial charge in [-0.05, 0) is 19.9 Å². The largest absolute Gasteiger partial charge is 0.372 e. The smallest absolute Gasteiger partial charge is 0.188 e. The first-order chi connectivity index (χ1) is 6.24. The number of hydrogen-bond donors (Lipinski definition) is 0. The predicted molar refractivity (Wildman–Crippen MR) is 52.0 cm³/mol. The van der Waals surface area contributed by atoms with Crippen molar-refractivity contribution in [2.24, 2.45) is 0 Å². The lowest BCUT2D eigenvalue weighted by Crippen LogP contribution is -1.96. The Balaban J connectivity index is 2.01. The fraction of sp³-hybridized carbons (Fsp3) is 0.556. The number of aromatic nitrogens is 2. The first-order valence-corrected chi connectivity index (χ1v) is 5.29. The van der Waals surface area contributed by atoms with E-state index >= 15 is 0 Å². The summed E-state index contributed by atoms with van der Waals surface area (Å²) in [5, 5.41) is 0.869. The van der Waals surface area contributed by atoms with Crippen molar-refractivity contribution < 1.29 is 4.74 Å². The molecule has 0 saturated carbocycles. The third-order valence-corrected chi connectivity index (χ3v) is 2.74. The Labute approximate surface area is 81.9 Å². The Morgan fingerprint density at radius 2 is 2.08 bits per heavy atom. The number of nitrogens with zero attached hydrogens (tertiary/aromatic N) is 2. The molecule has 0 radical (unpaired) electrons. The van der Waals surface area contributed by atoms with Crippen molar-refractivity contribution in [2.75, 3.05) is 12.4 Å². The second-order valence-corrected chi connectivity index (χ2v) is 4.19. The molecule has 3 nitrogen and oxygen atoms in total. The Hall–Kier alpha value is -0.610. The number of thioether (sulfide) groups is 1. The molecule has 1 aromatic rings. The molecule has 70 valence electrons. The van der Waals surface area contributed by atoms with Gasteiger partial charge in [0.15, 0.2) is 5.16 Å². The lowest BCUT2D eigenvalue weighted by atomic mass is 10.4. The summed E-state index contributed by atoms with van der Waals surface area (Å²) in [7, 11) is 0. The van der Waals surface area contributed by atoms with Gasteiger partial charge in [-0.25, -0.2) is 9.97 Å². The van der Waals surface area contributed by atoms with Gasteiger partial charge in [-0.1, -0.05) is 11.8 Å². The number of hydrogen-bond acceptors (Lipinski definition) is 4. The van der Waals surface area contributed by atoms with E-state index in [4.69, 9.17) is 4.74 Å². The highest BCUT2D eigenvalue weighted by molar-refractivity contribution is 7.99. The van der Waals surface area contributed by atoms with Gasteiger partial charge < -0.3 is 4.74 Å². The zero-order valence-electron chi connectivity index (χ0n) is 7.78. The van der Waals surface area contributed by atoms with Crippen LogP contribution in [0.1, 0.15) is 11.4 Å². The molecule has 2 heterocycles. The summed E-state index contributed by atoms with van der Waals surface area (Å²) < 4.78 is 5.11. The van der Waals surface area contributed by atoms with Gasteiger partial charge in [-0.15, -0.1) is 0 Å². The highest BCUT2D eigenvalue weighted by Gasteiger charge is 2.22. The van der Waals surface area contributed by atoms with Crippen LogP contribution < -0.4 is 0 Å². The highest BCUT2D eigenvalue weighted by Crippen LogP contribution is 2.21. The van der Waals surface area contributed by atoms with Gasteiger partial charge in [0.2, 0.25) is 0 Å². The van der Waals surface area contributed by atoms with E-state index in [2.05, 4.69) is 9.97 Å². The molecule has 1 fully saturated rings. The zero-order valence-corrected chi connectivity index (χ0v) is 8.60. The Kier molecular flexibility index (Phi) is 2.51. The lowest BCUT2D eigenvalue weighted by molar-refractivity contribution is 0.426. The molecule has 1 saturated heterocycles. The van der Waals surface area contributed by atoms with Gasteiger partial charge in [0.05, 0.1) is 12.7 Å². The summed E-state index contributed by atoms with van der Waals surface area (Å²) in [6, 6.07) is 1.98. The van der Waals surface area contributed by atoms with Crippen molar-refractivity contribution in [2.45, 2.75) is 25.1 Å². The number of epoxide rings is 1. The zero-order chi connectivity index (χ0) is 9.26. The summed E-state index contributed by atoms with van der Waals surface area (Å²) in [6.07, 6.45) is 0.439. The molecule has 0 aromatic carbocycles. The van der Waals surface area contributed by atoms with Crippen LogP contribution in [-0.2, 0) is 4.74 Å². The summed E-state index contributed by atoms with van der Waals surface area (Å²) in [6.45, 7) is 4.89. The van der Waals surface area contributed by atoms with Gasteiger partial charge >= 0.3 is 0 Å². The monoisotopic (exact) mass is 196 g/mol. The molecule has 0 aliphatic carbocycles. The molecule has 13 heavy (non-hydrogen) atoms. The summed E-state index contributed by atoms with van der Waals surface area (Å²) in [4.78, 5) is 8.66. The highest BCUT2D eigenvalue weighted by atomic mass is 32.2. The minimum absolute atomic E-state index is 0.439. The molecule has 0 spiro atoms. The molecule has 1 aliphatic rings. The van der Waals surface area contributed by atoms with Crippen LogP contribution in [0.5, 0.6) is 0 Å². The number of ether oxygens (including phenoxy) is 1. The molecule has 0 N–H and O–H groups in total. The quantitative estimate of drug-likeness (QED) is 0.418. The maximum atomic E-state index is 5.11. The van der Waals surface area contributed by atoms with E-state index in [0.29, 0.717) is 6.10 Å². The molecule has 1 aliphatic heterocycles. The van der Waals surface area contributed by atoms with Crippen molar-refractivity contribution in [3.8, 4) is 0 Å².